The fraction of sp³-hybridized carbons (Fsp3) is 0.400. The van der Waals surface area contributed by atoms with E-state index in [0.717, 1.165) is 11.3 Å². The number of aldehydes is 1. The van der Waals surface area contributed by atoms with Crippen LogP contribution in [-0.4, -0.2) is 49.3 Å². The van der Waals surface area contributed by atoms with Crippen LogP contribution in [0.1, 0.15) is 22.3 Å². The van der Waals surface area contributed by atoms with Gasteiger partial charge in [-0.3, -0.25) is 9.59 Å². The van der Waals surface area contributed by atoms with Crippen molar-refractivity contribution in [1.29, 1.82) is 0 Å². The highest BCUT2D eigenvalue weighted by molar-refractivity contribution is 6.01. The van der Waals surface area contributed by atoms with Crippen molar-refractivity contribution in [2.75, 3.05) is 25.1 Å². The van der Waals surface area contributed by atoms with Gasteiger partial charge in [0.05, 0.1) is 6.61 Å². The second kappa shape index (κ2) is 5.29. The Morgan fingerprint density at radius 1 is 1.38 bits per heavy atom. The van der Waals surface area contributed by atoms with E-state index in [0.29, 0.717) is 31.5 Å². The molecule has 110 valence electrons. The standard InChI is InChI=1S/C15H16N2O4/c1-16-9-10-8-11(2-3-12(10)14(16)19)17-5-7-21-13(4-6-18)15(17)20/h2-3,6,8,13H,4-5,7,9H2,1H3. The Bertz CT molecular complexity index is 614. The largest absolute Gasteiger partial charge is 0.366 e. The summed E-state index contributed by atoms with van der Waals surface area (Å²) >= 11 is 0. The predicted octanol–water partition coefficient (Wildman–Crippen LogP) is 0.593. The first-order chi connectivity index (χ1) is 10.1. The van der Waals surface area contributed by atoms with Gasteiger partial charge in [0.2, 0.25) is 0 Å². The molecule has 0 aromatic heterocycles. The Morgan fingerprint density at radius 2 is 2.19 bits per heavy atom. The molecule has 21 heavy (non-hydrogen) atoms. The molecule has 2 aliphatic heterocycles. The summed E-state index contributed by atoms with van der Waals surface area (Å²) in [7, 11) is 1.75. The monoisotopic (exact) mass is 288 g/mol. The zero-order valence-electron chi connectivity index (χ0n) is 11.7. The van der Waals surface area contributed by atoms with Crippen molar-refractivity contribution in [3.05, 3.63) is 29.3 Å². The van der Waals surface area contributed by atoms with Crippen molar-refractivity contribution in [1.82, 2.24) is 4.90 Å². The third-order valence-corrected chi connectivity index (χ3v) is 3.87. The summed E-state index contributed by atoms with van der Waals surface area (Å²) < 4.78 is 5.32. The van der Waals surface area contributed by atoms with Crippen LogP contribution in [0.2, 0.25) is 0 Å². The van der Waals surface area contributed by atoms with Crippen LogP contribution in [0.4, 0.5) is 5.69 Å². The number of ether oxygens (including phenoxy) is 1. The molecular weight excluding hydrogens is 272 g/mol. The molecule has 1 atom stereocenters. The average Bonchev–Trinajstić information content (AvgIpc) is 2.76. The zero-order chi connectivity index (χ0) is 15.0. The lowest BCUT2D eigenvalue weighted by molar-refractivity contribution is -0.136. The molecule has 6 heteroatoms. The number of carbonyl (C=O) groups is 3. The Morgan fingerprint density at radius 3 is 2.95 bits per heavy atom. The first-order valence-electron chi connectivity index (χ1n) is 6.87. The van der Waals surface area contributed by atoms with Gasteiger partial charge in [-0.25, -0.2) is 0 Å². The van der Waals surface area contributed by atoms with Crippen LogP contribution in [0.15, 0.2) is 18.2 Å². The lowest BCUT2D eigenvalue weighted by atomic mass is 10.1. The SMILES string of the molecule is CN1Cc2cc(N3CCOC(CC=O)C3=O)ccc2C1=O. The Balaban J connectivity index is 1.88. The van der Waals surface area contributed by atoms with E-state index in [1.807, 2.05) is 6.07 Å². The summed E-state index contributed by atoms with van der Waals surface area (Å²) in [5.74, 6) is -0.199. The van der Waals surface area contributed by atoms with Gasteiger partial charge in [0.15, 0.2) is 0 Å². The summed E-state index contributed by atoms with van der Waals surface area (Å²) in [5.41, 5.74) is 2.36. The fourth-order valence-electron chi connectivity index (χ4n) is 2.77. The van der Waals surface area contributed by atoms with Gasteiger partial charge in [-0.05, 0) is 23.8 Å². The van der Waals surface area contributed by atoms with Crippen molar-refractivity contribution in [3.63, 3.8) is 0 Å². The highest BCUT2D eigenvalue weighted by Crippen LogP contribution is 2.28. The highest BCUT2D eigenvalue weighted by Gasteiger charge is 2.31. The van der Waals surface area contributed by atoms with Crippen LogP contribution >= 0.6 is 0 Å². The smallest absolute Gasteiger partial charge is 0.256 e. The first kappa shape index (κ1) is 13.8. The van der Waals surface area contributed by atoms with Gasteiger partial charge in [-0.15, -0.1) is 0 Å². The van der Waals surface area contributed by atoms with Gasteiger partial charge < -0.3 is 19.3 Å². The molecule has 0 saturated carbocycles. The summed E-state index contributed by atoms with van der Waals surface area (Å²) in [6.45, 7) is 1.41. The number of rotatable bonds is 3. The van der Waals surface area contributed by atoms with Gasteiger partial charge in [-0.1, -0.05) is 0 Å². The number of anilines is 1. The van der Waals surface area contributed by atoms with E-state index in [1.54, 1.807) is 29.0 Å². The lowest BCUT2D eigenvalue weighted by Crippen LogP contribution is -2.48. The summed E-state index contributed by atoms with van der Waals surface area (Å²) in [4.78, 5) is 38.0. The minimum atomic E-state index is -0.700. The number of hydrogen-bond donors (Lipinski definition) is 0. The van der Waals surface area contributed by atoms with Gasteiger partial charge in [0, 0.05) is 37.8 Å². The molecule has 1 aromatic rings. The van der Waals surface area contributed by atoms with Crippen LogP contribution in [0, 0.1) is 0 Å². The van der Waals surface area contributed by atoms with Crippen molar-refractivity contribution in [3.8, 4) is 0 Å². The van der Waals surface area contributed by atoms with Gasteiger partial charge in [-0.2, -0.15) is 0 Å². The van der Waals surface area contributed by atoms with Crippen LogP contribution in [0.25, 0.3) is 0 Å². The van der Waals surface area contributed by atoms with E-state index < -0.39 is 6.10 Å². The zero-order valence-corrected chi connectivity index (χ0v) is 11.7. The maximum atomic E-state index is 12.3. The molecule has 0 N–H and O–H groups in total. The number of benzene rings is 1. The molecule has 0 bridgehead atoms. The Kier molecular flexibility index (Phi) is 3.47. The van der Waals surface area contributed by atoms with Crippen LogP contribution in [0.3, 0.4) is 0 Å². The van der Waals surface area contributed by atoms with E-state index in [2.05, 4.69) is 0 Å². The van der Waals surface area contributed by atoms with E-state index >= 15 is 0 Å². The molecule has 1 unspecified atom stereocenters. The van der Waals surface area contributed by atoms with Gasteiger partial charge in [0.1, 0.15) is 12.4 Å². The molecule has 0 spiro atoms. The molecule has 1 fully saturated rings. The van der Waals surface area contributed by atoms with Crippen molar-refractivity contribution < 1.29 is 19.1 Å². The van der Waals surface area contributed by atoms with Crippen molar-refractivity contribution >= 4 is 23.8 Å². The molecule has 6 nitrogen and oxygen atoms in total. The summed E-state index contributed by atoms with van der Waals surface area (Å²) in [6.07, 6.45) is 0.0676. The molecule has 1 aromatic carbocycles. The van der Waals surface area contributed by atoms with Crippen LogP contribution in [0.5, 0.6) is 0 Å². The Hall–Kier alpha value is -2.21. The second-order valence-corrected chi connectivity index (χ2v) is 5.25. The minimum absolute atomic E-state index is 0.00341. The first-order valence-corrected chi connectivity index (χ1v) is 6.87. The molecular formula is C15H16N2O4. The summed E-state index contributed by atoms with van der Waals surface area (Å²) in [6, 6.07) is 5.41. The molecule has 2 aliphatic rings. The molecule has 2 amide bonds. The molecule has 0 radical (unpaired) electrons. The van der Waals surface area contributed by atoms with E-state index in [1.165, 1.54) is 0 Å². The fourth-order valence-corrected chi connectivity index (χ4v) is 2.77. The third kappa shape index (κ3) is 2.31. The molecule has 1 saturated heterocycles. The lowest BCUT2D eigenvalue weighted by Gasteiger charge is -2.32. The topological polar surface area (TPSA) is 66.9 Å². The maximum Gasteiger partial charge on any atom is 0.256 e. The summed E-state index contributed by atoms with van der Waals surface area (Å²) in [5, 5.41) is 0. The number of morpholine rings is 1. The predicted molar refractivity (Wildman–Crippen MR) is 75.0 cm³/mol. The number of carbonyl (C=O) groups excluding carboxylic acids is 3. The van der Waals surface area contributed by atoms with Crippen molar-refractivity contribution in [2.24, 2.45) is 0 Å². The Labute approximate surface area is 122 Å². The molecule has 2 heterocycles. The van der Waals surface area contributed by atoms with E-state index in [4.69, 9.17) is 4.74 Å². The second-order valence-electron chi connectivity index (χ2n) is 5.25. The maximum absolute atomic E-state index is 12.3. The van der Waals surface area contributed by atoms with Crippen LogP contribution < -0.4 is 4.90 Å². The van der Waals surface area contributed by atoms with Gasteiger partial charge >= 0.3 is 0 Å². The average molecular weight is 288 g/mol. The number of fused-ring (bicyclic) bond motifs is 1. The van der Waals surface area contributed by atoms with E-state index in [-0.39, 0.29) is 18.2 Å². The van der Waals surface area contributed by atoms with E-state index in [9.17, 15) is 14.4 Å². The van der Waals surface area contributed by atoms with Gasteiger partial charge in [0.25, 0.3) is 11.8 Å². The van der Waals surface area contributed by atoms with Crippen molar-refractivity contribution in [2.45, 2.75) is 19.1 Å². The number of hydrogen-bond acceptors (Lipinski definition) is 4. The normalized spacial score (nSPS) is 21.7. The van der Waals surface area contributed by atoms with Crippen LogP contribution in [-0.2, 0) is 20.9 Å². The minimum Gasteiger partial charge on any atom is -0.366 e. The molecule has 3 rings (SSSR count). The number of nitrogens with zero attached hydrogens (tertiary/aromatic N) is 2. The number of amides is 2. The quantitative estimate of drug-likeness (QED) is 0.764. The highest BCUT2D eigenvalue weighted by atomic mass is 16.5. The third-order valence-electron chi connectivity index (χ3n) is 3.87. The molecule has 0 aliphatic carbocycles.